The summed E-state index contributed by atoms with van der Waals surface area (Å²) < 4.78 is 0. The molecular formula is C13H16N2O3. The lowest BCUT2D eigenvalue weighted by atomic mass is 9.98. The van der Waals surface area contributed by atoms with Crippen LogP contribution in [-0.2, 0) is 0 Å². The molecule has 2 N–H and O–H groups in total. The quantitative estimate of drug-likeness (QED) is 0.824. The van der Waals surface area contributed by atoms with E-state index in [1.54, 1.807) is 12.3 Å². The number of pyridine rings is 1. The fraction of sp³-hybridized carbons (Fsp3) is 0.538. The van der Waals surface area contributed by atoms with Crippen LogP contribution in [0, 0.1) is 0 Å². The van der Waals surface area contributed by atoms with Crippen molar-refractivity contribution < 1.29 is 15.0 Å². The zero-order chi connectivity index (χ0) is 12.7. The van der Waals surface area contributed by atoms with Gasteiger partial charge in [0.15, 0.2) is 0 Å². The summed E-state index contributed by atoms with van der Waals surface area (Å²) in [6.45, 7) is 0. The summed E-state index contributed by atoms with van der Waals surface area (Å²) in [7, 11) is 0. The lowest BCUT2D eigenvalue weighted by Gasteiger charge is -2.39. The van der Waals surface area contributed by atoms with Gasteiger partial charge in [0.2, 0.25) is 0 Å². The van der Waals surface area contributed by atoms with Crippen molar-refractivity contribution >= 4 is 11.7 Å². The van der Waals surface area contributed by atoms with E-state index < -0.39 is 5.97 Å². The maximum atomic E-state index is 11.3. The standard InChI is InChI=1S/C13H16N2O3/c16-10-5-8-1-2-9(6-10)15(8)12-7-14-4-3-11(12)13(17)18/h3-4,7-10,16H,1-2,5-6H2,(H,17,18). The number of hydrogen-bond acceptors (Lipinski definition) is 4. The van der Waals surface area contributed by atoms with Crippen LogP contribution in [0.25, 0.3) is 0 Å². The molecule has 2 aliphatic rings. The van der Waals surface area contributed by atoms with Crippen LogP contribution in [-0.4, -0.2) is 39.4 Å². The van der Waals surface area contributed by atoms with E-state index in [-0.39, 0.29) is 18.2 Å². The summed E-state index contributed by atoms with van der Waals surface area (Å²) >= 11 is 0. The minimum absolute atomic E-state index is 0.247. The van der Waals surface area contributed by atoms with Gasteiger partial charge in [-0.2, -0.15) is 0 Å². The molecule has 3 rings (SSSR count). The molecule has 2 saturated heterocycles. The van der Waals surface area contributed by atoms with Crippen LogP contribution in [0.3, 0.4) is 0 Å². The highest BCUT2D eigenvalue weighted by Crippen LogP contribution is 2.40. The van der Waals surface area contributed by atoms with Gasteiger partial charge in [0.1, 0.15) is 0 Å². The van der Waals surface area contributed by atoms with E-state index in [0.717, 1.165) is 25.7 Å². The molecule has 18 heavy (non-hydrogen) atoms. The number of nitrogens with zero attached hydrogens (tertiary/aromatic N) is 2. The molecule has 0 aromatic carbocycles. The summed E-state index contributed by atoms with van der Waals surface area (Å²) in [4.78, 5) is 17.5. The van der Waals surface area contributed by atoms with E-state index in [9.17, 15) is 15.0 Å². The summed E-state index contributed by atoms with van der Waals surface area (Å²) in [5.41, 5.74) is 1.00. The highest BCUT2D eigenvalue weighted by Gasteiger charge is 2.41. The minimum atomic E-state index is -0.919. The molecule has 96 valence electrons. The fourth-order valence-corrected chi connectivity index (χ4v) is 3.31. The Morgan fingerprint density at radius 3 is 2.61 bits per heavy atom. The third kappa shape index (κ3) is 1.75. The molecule has 0 spiro atoms. The van der Waals surface area contributed by atoms with Crippen LogP contribution in [0.5, 0.6) is 0 Å². The highest BCUT2D eigenvalue weighted by atomic mass is 16.4. The van der Waals surface area contributed by atoms with Gasteiger partial charge < -0.3 is 15.1 Å². The first-order chi connectivity index (χ1) is 8.66. The topological polar surface area (TPSA) is 73.7 Å². The van der Waals surface area contributed by atoms with Gasteiger partial charge in [0.25, 0.3) is 0 Å². The smallest absolute Gasteiger partial charge is 0.337 e. The van der Waals surface area contributed by atoms with Crippen LogP contribution < -0.4 is 4.90 Å². The lowest BCUT2D eigenvalue weighted by molar-refractivity contribution is 0.0697. The lowest BCUT2D eigenvalue weighted by Crippen LogP contribution is -2.45. The number of aromatic carboxylic acids is 1. The molecule has 2 bridgehead atoms. The fourth-order valence-electron chi connectivity index (χ4n) is 3.31. The molecule has 2 unspecified atom stereocenters. The molecule has 5 heteroatoms. The highest BCUT2D eigenvalue weighted by molar-refractivity contribution is 5.94. The van der Waals surface area contributed by atoms with E-state index >= 15 is 0 Å². The molecule has 5 nitrogen and oxygen atoms in total. The maximum absolute atomic E-state index is 11.3. The zero-order valence-corrected chi connectivity index (χ0v) is 9.99. The molecule has 0 radical (unpaired) electrons. The Morgan fingerprint density at radius 1 is 1.33 bits per heavy atom. The van der Waals surface area contributed by atoms with Crippen LogP contribution in [0.4, 0.5) is 5.69 Å². The Morgan fingerprint density at radius 2 is 2.00 bits per heavy atom. The second-order valence-electron chi connectivity index (χ2n) is 5.12. The Labute approximate surface area is 105 Å². The molecule has 0 saturated carbocycles. The Balaban J connectivity index is 1.99. The first-order valence-corrected chi connectivity index (χ1v) is 6.30. The van der Waals surface area contributed by atoms with Gasteiger partial charge in [-0.1, -0.05) is 0 Å². The number of carboxylic acid groups (broad SMARTS) is 1. The van der Waals surface area contributed by atoms with Gasteiger partial charge in [-0.3, -0.25) is 4.98 Å². The molecule has 2 aliphatic heterocycles. The van der Waals surface area contributed by atoms with Gasteiger partial charge in [0, 0.05) is 18.3 Å². The third-order valence-electron chi connectivity index (χ3n) is 4.02. The van der Waals surface area contributed by atoms with Crippen molar-refractivity contribution in [2.75, 3.05) is 4.90 Å². The number of anilines is 1. The second kappa shape index (κ2) is 4.24. The number of carbonyl (C=O) groups is 1. The molecule has 3 heterocycles. The van der Waals surface area contributed by atoms with Crippen molar-refractivity contribution in [2.45, 2.75) is 43.9 Å². The van der Waals surface area contributed by atoms with Crippen LogP contribution in [0.15, 0.2) is 18.5 Å². The number of aromatic nitrogens is 1. The maximum Gasteiger partial charge on any atom is 0.337 e. The predicted octanol–water partition coefficient (Wildman–Crippen LogP) is 1.27. The summed E-state index contributed by atoms with van der Waals surface area (Å²) in [5.74, 6) is -0.919. The number of fused-ring (bicyclic) bond motifs is 2. The first kappa shape index (κ1) is 11.5. The Hall–Kier alpha value is -1.62. The van der Waals surface area contributed by atoms with Crippen LogP contribution in [0.2, 0.25) is 0 Å². The van der Waals surface area contributed by atoms with E-state index in [0.29, 0.717) is 11.3 Å². The van der Waals surface area contributed by atoms with Crippen LogP contribution in [0.1, 0.15) is 36.0 Å². The van der Waals surface area contributed by atoms with Gasteiger partial charge in [-0.15, -0.1) is 0 Å². The van der Waals surface area contributed by atoms with E-state index in [2.05, 4.69) is 9.88 Å². The van der Waals surface area contributed by atoms with Gasteiger partial charge in [0.05, 0.1) is 23.6 Å². The predicted molar refractivity (Wildman–Crippen MR) is 65.7 cm³/mol. The Bertz CT molecular complexity index is 463. The molecule has 1 aromatic heterocycles. The normalized spacial score (nSPS) is 30.5. The SMILES string of the molecule is O=C(O)c1ccncc1N1C2CCC1CC(O)C2. The number of hydrogen-bond donors (Lipinski definition) is 2. The number of rotatable bonds is 2. The van der Waals surface area contributed by atoms with E-state index in [1.165, 1.54) is 6.20 Å². The van der Waals surface area contributed by atoms with Crippen molar-refractivity contribution in [2.24, 2.45) is 0 Å². The van der Waals surface area contributed by atoms with E-state index in [1.807, 2.05) is 0 Å². The number of aliphatic hydroxyl groups is 1. The third-order valence-corrected chi connectivity index (χ3v) is 4.02. The average Bonchev–Trinajstić information content (AvgIpc) is 2.61. The molecule has 0 amide bonds. The van der Waals surface area contributed by atoms with Gasteiger partial charge in [-0.25, -0.2) is 4.79 Å². The van der Waals surface area contributed by atoms with E-state index in [4.69, 9.17) is 0 Å². The molecule has 1 aromatic rings. The van der Waals surface area contributed by atoms with Crippen molar-refractivity contribution in [3.05, 3.63) is 24.0 Å². The first-order valence-electron chi connectivity index (χ1n) is 6.30. The molecule has 2 fully saturated rings. The van der Waals surface area contributed by atoms with Crippen molar-refractivity contribution in [1.29, 1.82) is 0 Å². The summed E-state index contributed by atoms with van der Waals surface area (Å²) in [6, 6.07) is 2.05. The Kier molecular flexibility index (Phi) is 2.70. The van der Waals surface area contributed by atoms with Crippen molar-refractivity contribution in [3.63, 3.8) is 0 Å². The monoisotopic (exact) mass is 248 g/mol. The van der Waals surface area contributed by atoms with Crippen LogP contribution >= 0.6 is 0 Å². The zero-order valence-electron chi connectivity index (χ0n) is 9.99. The number of aliphatic hydroxyl groups excluding tert-OH is 1. The number of carboxylic acids is 1. The second-order valence-corrected chi connectivity index (χ2v) is 5.12. The van der Waals surface area contributed by atoms with Crippen molar-refractivity contribution in [3.8, 4) is 0 Å². The number of piperidine rings is 1. The molecular weight excluding hydrogens is 232 g/mol. The minimum Gasteiger partial charge on any atom is -0.478 e. The van der Waals surface area contributed by atoms with Crippen molar-refractivity contribution in [1.82, 2.24) is 4.98 Å². The average molecular weight is 248 g/mol. The largest absolute Gasteiger partial charge is 0.478 e. The van der Waals surface area contributed by atoms with Gasteiger partial charge in [-0.05, 0) is 31.7 Å². The molecule has 2 atom stereocenters. The summed E-state index contributed by atoms with van der Waals surface area (Å²) in [6.07, 6.45) is 6.39. The summed E-state index contributed by atoms with van der Waals surface area (Å²) in [5, 5.41) is 19.0. The molecule has 0 aliphatic carbocycles. The van der Waals surface area contributed by atoms with Gasteiger partial charge >= 0.3 is 5.97 Å².